The number of benzene rings is 1. The average Bonchev–Trinajstić information content (AvgIpc) is 2.32. The van der Waals surface area contributed by atoms with Crippen LogP contribution in [0.15, 0.2) is 35.1 Å². The maximum Gasteiger partial charge on any atom is 0.267 e. The molecular formula is C15H18N2O. The lowest BCUT2D eigenvalue weighted by Gasteiger charge is -2.22. The number of nitrogens with one attached hydrogen (secondary N) is 1. The summed E-state index contributed by atoms with van der Waals surface area (Å²) in [7, 11) is 0. The average molecular weight is 242 g/mol. The summed E-state index contributed by atoms with van der Waals surface area (Å²) in [6.07, 6.45) is 0. The molecule has 3 heteroatoms. The second kappa shape index (κ2) is 4.41. The molecule has 94 valence electrons. The molecule has 0 aliphatic carbocycles. The zero-order valence-corrected chi connectivity index (χ0v) is 11.2. The number of hydrogen-bond acceptors (Lipinski definition) is 2. The minimum atomic E-state index is -0.123. The Morgan fingerprint density at radius 2 is 1.72 bits per heavy atom. The van der Waals surface area contributed by atoms with Gasteiger partial charge >= 0.3 is 0 Å². The van der Waals surface area contributed by atoms with E-state index in [4.69, 9.17) is 0 Å². The minimum Gasteiger partial charge on any atom is -0.268 e. The third-order valence-corrected chi connectivity index (χ3v) is 2.99. The van der Waals surface area contributed by atoms with Crippen molar-refractivity contribution in [2.45, 2.75) is 33.1 Å². The molecule has 3 nitrogen and oxygen atoms in total. The van der Waals surface area contributed by atoms with Gasteiger partial charge in [-0.3, -0.25) is 4.79 Å². The SMILES string of the molecule is Cc1c(-c2ccccc2)c(C(C)(C)C)n[nH]c1=O. The van der Waals surface area contributed by atoms with Crippen LogP contribution in [0.5, 0.6) is 0 Å². The van der Waals surface area contributed by atoms with Crippen molar-refractivity contribution in [2.75, 3.05) is 0 Å². The lowest BCUT2D eigenvalue weighted by molar-refractivity contribution is 0.558. The molecule has 1 heterocycles. The van der Waals surface area contributed by atoms with Crippen molar-refractivity contribution < 1.29 is 0 Å². The molecule has 1 N–H and O–H groups in total. The van der Waals surface area contributed by atoms with Gasteiger partial charge in [0.15, 0.2) is 0 Å². The highest BCUT2D eigenvalue weighted by atomic mass is 16.1. The summed E-state index contributed by atoms with van der Waals surface area (Å²) < 4.78 is 0. The summed E-state index contributed by atoms with van der Waals surface area (Å²) >= 11 is 0. The summed E-state index contributed by atoms with van der Waals surface area (Å²) in [6, 6.07) is 9.94. The molecule has 2 aromatic rings. The fourth-order valence-electron chi connectivity index (χ4n) is 2.04. The van der Waals surface area contributed by atoms with E-state index in [0.29, 0.717) is 0 Å². The fourth-order valence-corrected chi connectivity index (χ4v) is 2.04. The van der Waals surface area contributed by atoms with E-state index in [2.05, 4.69) is 31.0 Å². The van der Waals surface area contributed by atoms with Crippen molar-refractivity contribution in [1.29, 1.82) is 0 Å². The van der Waals surface area contributed by atoms with Crippen molar-refractivity contribution >= 4 is 0 Å². The van der Waals surface area contributed by atoms with Crippen molar-refractivity contribution in [3.63, 3.8) is 0 Å². The van der Waals surface area contributed by atoms with Crippen LogP contribution in [0.4, 0.5) is 0 Å². The quantitative estimate of drug-likeness (QED) is 0.835. The van der Waals surface area contributed by atoms with Crippen LogP contribution in [0, 0.1) is 6.92 Å². The van der Waals surface area contributed by atoms with Gasteiger partial charge in [0.25, 0.3) is 5.56 Å². The predicted molar refractivity (Wildman–Crippen MR) is 73.7 cm³/mol. The smallest absolute Gasteiger partial charge is 0.267 e. The van der Waals surface area contributed by atoms with Gasteiger partial charge in [0.1, 0.15) is 0 Å². The zero-order chi connectivity index (χ0) is 13.3. The van der Waals surface area contributed by atoms with Crippen LogP contribution < -0.4 is 5.56 Å². The zero-order valence-electron chi connectivity index (χ0n) is 11.2. The van der Waals surface area contributed by atoms with Crippen molar-refractivity contribution in [2.24, 2.45) is 0 Å². The first-order valence-electron chi connectivity index (χ1n) is 6.06. The standard InChI is InChI=1S/C15H18N2O/c1-10-12(11-8-6-5-7-9-11)13(15(2,3)4)16-17-14(10)18/h5-9H,1-4H3,(H,17,18). The van der Waals surface area contributed by atoms with Crippen molar-refractivity contribution in [1.82, 2.24) is 10.2 Å². The number of aromatic amines is 1. The van der Waals surface area contributed by atoms with E-state index in [9.17, 15) is 4.79 Å². The topological polar surface area (TPSA) is 45.8 Å². The Hall–Kier alpha value is -1.90. The molecule has 18 heavy (non-hydrogen) atoms. The van der Waals surface area contributed by atoms with Gasteiger partial charge in [-0.05, 0) is 12.5 Å². The van der Waals surface area contributed by atoms with Crippen molar-refractivity contribution in [3.8, 4) is 11.1 Å². The second-order valence-electron chi connectivity index (χ2n) is 5.52. The Morgan fingerprint density at radius 3 is 2.28 bits per heavy atom. The lowest BCUT2D eigenvalue weighted by Crippen LogP contribution is -2.23. The molecule has 0 aliphatic heterocycles. The van der Waals surface area contributed by atoms with E-state index in [0.717, 1.165) is 22.4 Å². The highest BCUT2D eigenvalue weighted by Crippen LogP contribution is 2.31. The maximum absolute atomic E-state index is 11.8. The molecule has 0 spiro atoms. The van der Waals surface area contributed by atoms with Crippen LogP contribution in [0.25, 0.3) is 11.1 Å². The summed E-state index contributed by atoms with van der Waals surface area (Å²) in [4.78, 5) is 11.8. The second-order valence-corrected chi connectivity index (χ2v) is 5.52. The van der Waals surface area contributed by atoms with Gasteiger partial charge in [0, 0.05) is 16.5 Å². The van der Waals surface area contributed by atoms with Crippen LogP contribution in [-0.2, 0) is 5.41 Å². The third-order valence-electron chi connectivity index (χ3n) is 2.99. The van der Waals surface area contributed by atoms with E-state index in [1.165, 1.54) is 0 Å². The van der Waals surface area contributed by atoms with Crippen LogP contribution in [-0.4, -0.2) is 10.2 Å². The normalized spacial score (nSPS) is 11.6. The monoisotopic (exact) mass is 242 g/mol. The van der Waals surface area contributed by atoms with Gasteiger partial charge < -0.3 is 0 Å². The molecule has 0 saturated heterocycles. The Labute approximate surface area is 107 Å². The van der Waals surface area contributed by atoms with Gasteiger partial charge in [-0.2, -0.15) is 5.10 Å². The summed E-state index contributed by atoms with van der Waals surface area (Å²) in [5.41, 5.74) is 3.40. The van der Waals surface area contributed by atoms with E-state index in [1.807, 2.05) is 37.3 Å². The fraction of sp³-hybridized carbons (Fsp3) is 0.333. The number of rotatable bonds is 1. The molecule has 0 aliphatic rings. The van der Waals surface area contributed by atoms with Gasteiger partial charge in [-0.1, -0.05) is 51.1 Å². The Bertz CT molecular complexity index is 607. The maximum atomic E-state index is 11.8. The van der Waals surface area contributed by atoms with Crippen molar-refractivity contribution in [3.05, 3.63) is 51.9 Å². The van der Waals surface area contributed by atoms with Gasteiger partial charge in [-0.25, -0.2) is 5.10 Å². The molecular weight excluding hydrogens is 224 g/mol. The number of H-pyrrole nitrogens is 1. The first kappa shape index (κ1) is 12.6. The van der Waals surface area contributed by atoms with Crippen LogP contribution in [0.1, 0.15) is 32.0 Å². The van der Waals surface area contributed by atoms with E-state index < -0.39 is 0 Å². The summed E-state index contributed by atoms with van der Waals surface area (Å²) in [6.45, 7) is 8.14. The van der Waals surface area contributed by atoms with Gasteiger partial charge in [-0.15, -0.1) is 0 Å². The van der Waals surface area contributed by atoms with E-state index in [1.54, 1.807) is 0 Å². The van der Waals surface area contributed by atoms with Gasteiger partial charge in [0.2, 0.25) is 0 Å². The molecule has 0 atom stereocenters. The first-order valence-corrected chi connectivity index (χ1v) is 6.06. The molecule has 0 amide bonds. The predicted octanol–water partition coefficient (Wildman–Crippen LogP) is 3.04. The molecule has 2 rings (SSSR count). The molecule has 0 fully saturated rings. The van der Waals surface area contributed by atoms with Gasteiger partial charge in [0.05, 0.1) is 5.69 Å². The minimum absolute atomic E-state index is 0.111. The Balaban J connectivity index is 2.79. The van der Waals surface area contributed by atoms with Crippen LogP contribution in [0.2, 0.25) is 0 Å². The third kappa shape index (κ3) is 2.21. The number of aromatic nitrogens is 2. The summed E-state index contributed by atoms with van der Waals surface area (Å²) in [5.74, 6) is 0. The lowest BCUT2D eigenvalue weighted by atomic mass is 9.85. The highest BCUT2D eigenvalue weighted by Gasteiger charge is 2.23. The van der Waals surface area contributed by atoms with E-state index in [-0.39, 0.29) is 11.0 Å². The number of nitrogens with zero attached hydrogens (tertiary/aromatic N) is 1. The molecule has 0 unspecified atom stereocenters. The number of hydrogen-bond donors (Lipinski definition) is 1. The highest BCUT2D eigenvalue weighted by molar-refractivity contribution is 5.69. The molecule has 0 radical (unpaired) electrons. The Morgan fingerprint density at radius 1 is 1.11 bits per heavy atom. The molecule has 0 saturated carbocycles. The van der Waals surface area contributed by atoms with Crippen LogP contribution >= 0.6 is 0 Å². The molecule has 1 aromatic heterocycles. The largest absolute Gasteiger partial charge is 0.268 e. The Kier molecular flexibility index (Phi) is 3.07. The van der Waals surface area contributed by atoms with Crippen LogP contribution in [0.3, 0.4) is 0 Å². The first-order chi connectivity index (χ1) is 8.41. The van der Waals surface area contributed by atoms with E-state index >= 15 is 0 Å². The summed E-state index contributed by atoms with van der Waals surface area (Å²) in [5, 5.41) is 6.83. The molecule has 1 aromatic carbocycles. The molecule has 0 bridgehead atoms.